The van der Waals surface area contributed by atoms with E-state index in [-0.39, 0.29) is 40.7 Å². The zero-order valence-electron chi connectivity index (χ0n) is 13.8. The van der Waals surface area contributed by atoms with Gasteiger partial charge in [0.25, 0.3) is 5.69 Å². The van der Waals surface area contributed by atoms with Crippen LogP contribution in [0.3, 0.4) is 0 Å². The third kappa shape index (κ3) is 2.39. The predicted octanol–water partition coefficient (Wildman–Crippen LogP) is 3.52. The standard InChI is InChI=1S/C17H20N2O5/c1-16(2)6-3-7-17(10-18(21)22)13-5-4-11(19(23)24)8-12(13)14(20)9-15(16)17/h4-5,8,15H,3,6-7,9-10H2,1-2H3/t15-,17-/m0/s1. The van der Waals surface area contributed by atoms with Crippen molar-refractivity contribution in [1.29, 1.82) is 0 Å². The van der Waals surface area contributed by atoms with E-state index in [0.717, 1.165) is 12.8 Å². The van der Waals surface area contributed by atoms with E-state index in [4.69, 9.17) is 0 Å². The minimum Gasteiger partial charge on any atom is -0.294 e. The van der Waals surface area contributed by atoms with E-state index in [1.54, 1.807) is 6.07 Å². The Morgan fingerprint density at radius 2 is 1.92 bits per heavy atom. The third-order valence-corrected chi connectivity index (χ3v) is 5.91. The van der Waals surface area contributed by atoms with E-state index < -0.39 is 10.3 Å². The molecule has 2 aliphatic carbocycles. The van der Waals surface area contributed by atoms with Gasteiger partial charge in [-0.15, -0.1) is 0 Å². The maximum absolute atomic E-state index is 12.6. The van der Waals surface area contributed by atoms with Gasteiger partial charge >= 0.3 is 0 Å². The Morgan fingerprint density at radius 1 is 1.21 bits per heavy atom. The summed E-state index contributed by atoms with van der Waals surface area (Å²) in [6, 6.07) is 4.22. The second-order valence-corrected chi connectivity index (χ2v) is 7.66. The molecule has 24 heavy (non-hydrogen) atoms. The van der Waals surface area contributed by atoms with Crippen molar-refractivity contribution in [1.82, 2.24) is 0 Å². The van der Waals surface area contributed by atoms with E-state index in [9.17, 15) is 25.0 Å². The number of benzene rings is 1. The highest BCUT2D eigenvalue weighted by molar-refractivity contribution is 6.00. The molecule has 1 fully saturated rings. The van der Waals surface area contributed by atoms with Crippen molar-refractivity contribution in [3.05, 3.63) is 49.6 Å². The Hall–Kier alpha value is -2.31. The summed E-state index contributed by atoms with van der Waals surface area (Å²) >= 11 is 0. The molecular weight excluding hydrogens is 312 g/mol. The van der Waals surface area contributed by atoms with Crippen molar-refractivity contribution >= 4 is 11.5 Å². The van der Waals surface area contributed by atoms with Gasteiger partial charge in [0, 0.05) is 29.0 Å². The fourth-order valence-corrected chi connectivity index (χ4v) is 4.86. The van der Waals surface area contributed by atoms with Crippen LogP contribution in [0.5, 0.6) is 0 Å². The quantitative estimate of drug-likeness (QED) is 0.622. The monoisotopic (exact) mass is 332 g/mol. The smallest absolute Gasteiger partial charge is 0.270 e. The van der Waals surface area contributed by atoms with Gasteiger partial charge in [0.05, 0.1) is 10.3 Å². The molecule has 1 aromatic carbocycles. The molecule has 0 aliphatic heterocycles. The molecule has 1 aromatic rings. The molecule has 0 bridgehead atoms. The van der Waals surface area contributed by atoms with Crippen LogP contribution < -0.4 is 0 Å². The molecule has 0 aromatic heterocycles. The number of nitro groups is 2. The molecule has 2 atom stereocenters. The Balaban J connectivity index is 2.23. The summed E-state index contributed by atoms with van der Waals surface area (Å²) in [6.07, 6.45) is 2.63. The predicted molar refractivity (Wildman–Crippen MR) is 86.7 cm³/mol. The Morgan fingerprint density at radius 3 is 2.54 bits per heavy atom. The molecule has 128 valence electrons. The summed E-state index contributed by atoms with van der Waals surface area (Å²) in [5.41, 5.74) is -0.127. The maximum Gasteiger partial charge on any atom is 0.270 e. The largest absolute Gasteiger partial charge is 0.294 e. The highest BCUT2D eigenvalue weighted by Gasteiger charge is 2.57. The number of nitro benzene ring substituents is 1. The minimum absolute atomic E-state index is 0.120. The van der Waals surface area contributed by atoms with Gasteiger partial charge in [-0.3, -0.25) is 25.0 Å². The first-order valence-electron chi connectivity index (χ1n) is 8.11. The average Bonchev–Trinajstić information content (AvgIpc) is 2.48. The first-order chi connectivity index (χ1) is 11.2. The summed E-state index contributed by atoms with van der Waals surface area (Å²) in [7, 11) is 0. The lowest BCUT2D eigenvalue weighted by atomic mass is 9.49. The van der Waals surface area contributed by atoms with Crippen molar-refractivity contribution in [3.63, 3.8) is 0 Å². The van der Waals surface area contributed by atoms with Crippen LogP contribution >= 0.6 is 0 Å². The summed E-state index contributed by atoms with van der Waals surface area (Å²) in [5, 5.41) is 22.4. The van der Waals surface area contributed by atoms with Gasteiger partial charge in [0.1, 0.15) is 0 Å². The van der Waals surface area contributed by atoms with Crippen LogP contribution in [0.25, 0.3) is 0 Å². The Bertz CT molecular complexity index is 742. The molecule has 0 spiro atoms. The molecular formula is C17H20N2O5. The number of Topliss-reactive ketones (excluding diaryl/α,β-unsaturated/α-hetero) is 1. The second-order valence-electron chi connectivity index (χ2n) is 7.66. The molecule has 0 amide bonds. The van der Waals surface area contributed by atoms with Gasteiger partial charge in [-0.25, -0.2) is 0 Å². The summed E-state index contributed by atoms with van der Waals surface area (Å²) in [6.45, 7) is 3.89. The van der Waals surface area contributed by atoms with Gasteiger partial charge in [-0.05, 0) is 29.7 Å². The lowest BCUT2D eigenvalue weighted by molar-refractivity contribution is -0.495. The highest BCUT2D eigenvalue weighted by Crippen LogP contribution is 2.57. The highest BCUT2D eigenvalue weighted by atomic mass is 16.6. The van der Waals surface area contributed by atoms with E-state index in [1.807, 2.05) is 0 Å². The van der Waals surface area contributed by atoms with E-state index in [0.29, 0.717) is 17.5 Å². The van der Waals surface area contributed by atoms with Gasteiger partial charge in [0.2, 0.25) is 6.54 Å². The summed E-state index contributed by atoms with van der Waals surface area (Å²) < 4.78 is 0. The molecule has 0 saturated heterocycles. The molecule has 0 unspecified atom stereocenters. The van der Waals surface area contributed by atoms with Crippen LogP contribution in [0.1, 0.15) is 55.5 Å². The number of fused-ring (bicyclic) bond motifs is 3. The summed E-state index contributed by atoms with van der Waals surface area (Å²) in [5.74, 6) is -0.266. The molecule has 1 saturated carbocycles. The molecule has 0 N–H and O–H groups in total. The number of ketones is 1. The van der Waals surface area contributed by atoms with E-state index in [1.165, 1.54) is 12.1 Å². The molecule has 3 rings (SSSR count). The van der Waals surface area contributed by atoms with Crippen LogP contribution in [0.2, 0.25) is 0 Å². The lowest BCUT2D eigenvalue weighted by Crippen LogP contribution is -2.54. The van der Waals surface area contributed by atoms with E-state index in [2.05, 4.69) is 13.8 Å². The van der Waals surface area contributed by atoms with Crippen molar-refractivity contribution < 1.29 is 14.6 Å². The van der Waals surface area contributed by atoms with Crippen molar-refractivity contribution in [2.75, 3.05) is 6.54 Å². The summed E-state index contributed by atoms with van der Waals surface area (Å²) in [4.78, 5) is 34.2. The molecule has 0 radical (unpaired) electrons. The lowest BCUT2D eigenvalue weighted by Gasteiger charge is -2.53. The molecule has 7 nitrogen and oxygen atoms in total. The molecule has 7 heteroatoms. The molecule has 0 heterocycles. The van der Waals surface area contributed by atoms with Gasteiger partial charge < -0.3 is 0 Å². The number of hydrogen-bond donors (Lipinski definition) is 0. The Kier molecular flexibility index (Phi) is 3.69. The number of nitrogens with zero attached hydrogens (tertiary/aromatic N) is 2. The number of hydrogen-bond acceptors (Lipinski definition) is 5. The maximum atomic E-state index is 12.6. The zero-order chi connectivity index (χ0) is 17.7. The van der Waals surface area contributed by atoms with Crippen LogP contribution in [0.4, 0.5) is 5.69 Å². The number of non-ortho nitro benzene ring substituents is 1. The SMILES string of the molecule is CC1(C)CCC[C@]2(C[N+](=O)[O-])c3ccc([N+](=O)[O-])cc3C(=O)C[C@@H]12. The topological polar surface area (TPSA) is 103 Å². The van der Waals surface area contributed by atoms with Crippen LogP contribution in [0, 0.1) is 31.6 Å². The second kappa shape index (κ2) is 5.36. The van der Waals surface area contributed by atoms with Gasteiger partial charge in [-0.2, -0.15) is 0 Å². The third-order valence-electron chi connectivity index (χ3n) is 5.91. The van der Waals surface area contributed by atoms with Gasteiger partial charge in [0.15, 0.2) is 5.78 Å². The molecule has 2 aliphatic rings. The first-order valence-corrected chi connectivity index (χ1v) is 8.11. The fraction of sp³-hybridized carbons (Fsp3) is 0.588. The van der Waals surface area contributed by atoms with Crippen LogP contribution in [0.15, 0.2) is 18.2 Å². The zero-order valence-corrected chi connectivity index (χ0v) is 13.8. The number of rotatable bonds is 3. The van der Waals surface area contributed by atoms with Crippen molar-refractivity contribution in [2.24, 2.45) is 11.3 Å². The van der Waals surface area contributed by atoms with Crippen LogP contribution in [-0.4, -0.2) is 22.2 Å². The fourth-order valence-electron chi connectivity index (χ4n) is 4.86. The number of carbonyl (C=O) groups excluding carboxylic acids is 1. The first kappa shape index (κ1) is 16.5. The van der Waals surface area contributed by atoms with Crippen LogP contribution in [-0.2, 0) is 5.41 Å². The number of carbonyl (C=O) groups is 1. The Labute approximate surface area is 139 Å². The normalized spacial score (nSPS) is 27.9. The van der Waals surface area contributed by atoms with E-state index >= 15 is 0 Å². The van der Waals surface area contributed by atoms with Crippen molar-refractivity contribution in [2.45, 2.75) is 44.9 Å². The van der Waals surface area contributed by atoms with Crippen molar-refractivity contribution in [3.8, 4) is 0 Å². The minimum atomic E-state index is -0.719. The van der Waals surface area contributed by atoms with Gasteiger partial charge in [-0.1, -0.05) is 26.3 Å². The average molecular weight is 332 g/mol.